The fourth-order valence-electron chi connectivity index (χ4n) is 5.55. The second-order valence-electron chi connectivity index (χ2n) is 10.2. The Hall–Kier alpha value is -3.56. The molecule has 0 spiro atoms. The van der Waals surface area contributed by atoms with Gasteiger partial charge in [0, 0.05) is 49.2 Å². The van der Waals surface area contributed by atoms with Gasteiger partial charge in [0.1, 0.15) is 17.8 Å². The highest BCUT2D eigenvalue weighted by Crippen LogP contribution is 2.35. The number of hydrogen-bond donors (Lipinski definition) is 2. The van der Waals surface area contributed by atoms with Crippen LogP contribution < -0.4 is 10.9 Å². The van der Waals surface area contributed by atoms with Crippen LogP contribution in [0.5, 0.6) is 0 Å². The topological polar surface area (TPSA) is 88.1 Å². The molecule has 192 valence electrons. The van der Waals surface area contributed by atoms with Crippen LogP contribution in [-0.2, 0) is 24.2 Å². The van der Waals surface area contributed by atoms with E-state index in [0.29, 0.717) is 48.7 Å². The van der Waals surface area contributed by atoms with Gasteiger partial charge >= 0.3 is 0 Å². The predicted molar refractivity (Wildman–Crippen MR) is 142 cm³/mol. The Kier molecular flexibility index (Phi) is 6.26. The van der Waals surface area contributed by atoms with Crippen LogP contribution in [0.2, 0.25) is 0 Å². The van der Waals surface area contributed by atoms with Crippen molar-refractivity contribution < 1.29 is 9.13 Å². The van der Waals surface area contributed by atoms with E-state index in [9.17, 15) is 9.18 Å². The Morgan fingerprint density at radius 2 is 2.11 bits per heavy atom. The van der Waals surface area contributed by atoms with Crippen LogP contribution in [0.25, 0.3) is 22.0 Å². The summed E-state index contributed by atoms with van der Waals surface area (Å²) in [6.07, 6.45) is 4.39. The van der Waals surface area contributed by atoms with E-state index in [2.05, 4.69) is 30.8 Å². The molecule has 0 amide bonds. The zero-order chi connectivity index (χ0) is 25.5. The first kappa shape index (κ1) is 23.8. The number of aromatic amines is 1. The largest absolute Gasteiger partial charge is 0.381 e. The van der Waals surface area contributed by atoms with Crippen LogP contribution in [0.15, 0.2) is 47.5 Å². The van der Waals surface area contributed by atoms with Crippen LogP contribution in [0.3, 0.4) is 0 Å². The third-order valence-electron chi connectivity index (χ3n) is 7.33. The monoisotopic (exact) mass is 502 g/mol. The minimum Gasteiger partial charge on any atom is -0.381 e. The molecule has 2 aliphatic rings. The van der Waals surface area contributed by atoms with Gasteiger partial charge in [0.2, 0.25) is 0 Å². The Labute approximate surface area is 214 Å². The van der Waals surface area contributed by atoms with Crippen molar-refractivity contribution >= 4 is 22.3 Å². The number of nitrogens with zero attached hydrogens (tertiary/aromatic N) is 4. The Morgan fingerprint density at radius 3 is 2.92 bits per heavy atom. The van der Waals surface area contributed by atoms with Crippen molar-refractivity contribution in [2.24, 2.45) is 0 Å². The molecule has 1 fully saturated rings. The van der Waals surface area contributed by atoms with E-state index in [1.807, 2.05) is 38.4 Å². The molecule has 3 aromatic heterocycles. The molecule has 1 aromatic carbocycles. The first-order valence-electron chi connectivity index (χ1n) is 12.8. The zero-order valence-corrected chi connectivity index (χ0v) is 21.1. The highest BCUT2D eigenvalue weighted by atomic mass is 19.1. The van der Waals surface area contributed by atoms with Crippen LogP contribution >= 0.6 is 0 Å². The molecule has 6 rings (SSSR count). The minimum absolute atomic E-state index is 0.183. The third-order valence-corrected chi connectivity index (χ3v) is 7.33. The number of halogens is 1. The van der Waals surface area contributed by atoms with Crippen molar-refractivity contribution in [3.63, 3.8) is 0 Å². The maximum Gasteiger partial charge on any atom is 0.257 e. The molecular formula is C28H31FN6O2. The summed E-state index contributed by atoms with van der Waals surface area (Å²) in [4.78, 5) is 27.4. The number of pyridine rings is 2. The van der Waals surface area contributed by atoms with E-state index in [-0.39, 0.29) is 5.56 Å². The first-order chi connectivity index (χ1) is 18.0. The summed E-state index contributed by atoms with van der Waals surface area (Å²) in [5.41, 5.74) is 4.53. The quantitative estimate of drug-likeness (QED) is 0.407. The molecule has 37 heavy (non-hydrogen) atoms. The second kappa shape index (κ2) is 9.72. The molecule has 0 bridgehead atoms. The van der Waals surface area contributed by atoms with Gasteiger partial charge in [-0.3, -0.25) is 4.79 Å². The molecule has 4 aromatic rings. The van der Waals surface area contributed by atoms with Crippen molar-refractivity contribution in [1.29, 1.82) is 0 Å². The first-order valence-corrected chi connectivity index (χ1v) is 12.8. The average molecular weight is 503 g/mol. The number of rotatable bonds is 6. The summed E-state index contributed by atoms with van der Waals surface area (Å²) in [6, 6.07) is 9.93. The highest BCUT2D eigenvalue weighted by molar-refractivity contribution is 6.03. The van der Waals surface area contributed by atoms with Gasteiger partial charge in [-0.05, 0) is 50.7 Å². The average Bonchev–Trinajstić information content (AvgIpc) is 3.54. The molecule has 2 N–H and O–H groups in total. The lowest BCUT2D eigenvalue weighted by atomic mass is 9.96. The molecule has 0 aliphatic carbocycles. The van der Waals surface area contributed by atoms with Gasteiger partial charge in [0.25, 0.3) is 5.56 Å². The van der Waals surface area contributed by atoms with Crippen molar-refractivity contribution in [3.8, 4) is 11.3 Å². The fourth-order valence-corrected chi connectivity index (χ4v) is 5.55. The normalized spacial score (nSPS) is 19.5. The molecular weight excluding hydrogens is 471 g/mol. The number of fused-ring (bicyclic) bond motifs is 2. The maximum atomic E-state index is 13.9. The summed E-state index contributed by atoms with van der Waals surface area (Å²) in [7, 11) is 4.07. The predicted octanol–water partition coefficient (Wildman–Crippen LogP) is 4.38. The molecule has 9 heteroatoms. The zero-order valence-electron chi connectivity index (χ0n) is 21.1. The fraction of sp³-hybridized carbons (Fsp3) is 0.393. The lowest BCUT2D eigenvalue weighted by Crippen LogP contribution is -2.20. The standard InChI is InChI=1S/C28H31FN6O2/c1-34(2)15-23-19(17-9-12-37-16-17)4-6-25(33-23)32-22-5-3-20(21-7-10-30-28(36)27(21)22)24-14-31-26-13-18(29)8-11-35(24)26/h3-7,10,14,17-18H,8-9,11-13,15-16H2,1-2H3,(H,30,36)(H,32,33)/t17-,18?/m1/s1. The van der Waals surface area contributed by atoms with Crippen molar-refractivity contribution in [2.45, 2.75) is 44.4 Å². The van der Waals surface area contributed by atoms with Crippen molar-refractivity contribution in [3.05, 3.63) is 70.2 Å². The van der Waals surface area contributed by atoms with Gasteiger partial charge < -0.3 is 24.5 Å². The molecule has 0 radical (unpaired) electrons. The Morgan fingerprint density at radius 1 is 1.22 bits per heavy atom. The van der Waals surface area contributed by atoms with E-state index >= 15 is 0 Å². The van der Waals surface area contributed by atoms with Gasteiger partial charge in [-0.25, -0.2) is 14.4 Å². The summed E-state index contributed by atoms with van der Waals surface area (Å²) < 4.78 is 21.6. The molecule has 0 saturated carbocycles. The van der Waals surface area contributed by atoms with E-state index in [0.717, 1.165) is 47.8 Å². The summed E-state index contributed by atoms with van der Waals surface area (Å²) in [5, 5.41) is 4.77. The Balaban J connectivity index is 1.40. The summed E-state index contributed by atoms with van der Waals surface area (Å²) >= 11 is 0. The number of alkyl halides is 1. The maximum absolute atomic E-state index is 13.9. The van der Waals surface area contributed by atoms with E-state index in [1.54, 1.807) is 12.4 Å². The van der Waals surface area contributed by atoms with E-state index < -0.39 is 6.17 Å². The van der Waals surface area contributed by atoms with Crippen LogP contribution in [0, 0.1) is 0 Å². The van der Waals surface area contributed by atoms with Crippen LogP contribution in [0.4, 0.5) is 15.9 Å². The second-order valence-corrected chi connectivity index (χ2v) is 10.2. The number of ether oxygens (including phenoxy) is 1. The smallest absolute Gasteiger partial charge is 0.257 e. The molecule has 2 atom stereocenters. The number of anilines is 2. The van der Waals surface area contributed by atoms with Gasteiger partial charge in [-0.15, -0.1) is 0 Å². The molecule has 1 unspecified atom stereocenters. The number of nitrogens with one attached hydrogen (secondary N) is 2. The highest BCUT2D eigenvalue weighted by Gasteiger charge is 2.24. The number of aromatic nitrogens is 4. The van der Waals surface area contributed by atoms with E-state index in [4.69, 9.17) is 9.72 Å². The van der Waals surface area contributed by atoms with Gasteiger partial charge in [0.15, 0.2) is 0 Å². The van der Waals surface area contributed by atoms with Gasteiger partial charge in [-0.2, -0.15) is 0 Å². The third kappa shape index (κ3) is 4.53. The summed E-state index contributed by atoms with van der Waals surface area (Å²) in [6.45, 7) is 2.80. The van der Waals surface area contributed by atoms with Crippen molar-refractivity contribution in [2.75, 3.05) is 32.6 Å². The molecule has 8 nitrogen and oxygen atoms in total. The van der Waals surface area contributed by atoms with Crippen LogP contribution in [0.1, 0.15) is 35.8 Å². The minimum atomic E-state index is -0.855. The number of benzene rings is 1. The van der Waals surface area contributed by atoms with Crippen LogP contribution in [-0.4, -0.2) is 57.9 Å². The molecule has 1 saturated heterocycles. The van der Waals surface area contributed by atoms with Gasteiger partial charge in [0.05, 0.1) is 35.3 Å². The molecule has 2 aliphatic heterocycles. The number of H-pyrrole nitrogens is 1. The SMILES string of the molecule is CN(C)Cc1nc(Nc2ccc(-c3cnc4n3CCC(F)C4)c3cc[nH]c(=O)c23)ccc1[C@@H]1CCOC1. The lowest BCUT2D eigenvalue weighted by Gasteiger charge is -2.20. The van der Waals surface area contributed by atoms with E-state index in [1.165, 1.54) is 5.56 Å². The van der Waals surface area contributed by atoms with Gasteiger partial charge in [-0.1, -0.05) is 12.1 Å². The molecule has 5 heterocycles. The number of hydrogen-bond acceptors (Lipinski definition) is 6. The summed E-state index contributed by atoms with van der Waals surface area (Å²) in [5.74, 6) is 1.79. The Bertz CT molecular complexity index is 1500. The number of imidazole rings is 1. The lowest BCUT2D eigenvalue weighted by molar-refractivity contribution is 0.193. The van der Waals surface area contributed by atoms with Crippen molar-refractivity contribution in [1.82, 2.24) is 24.4 Å².